The number of nitrogens with zero attached hydrogens (tertiary/aromatic N) is 2. The summed E-state index contributed by atoms with van der Waals surface area (Å²) in [4.78, 5) is 8.41. The molecule has 19 heavy (non-hydrogen) atoms. The van der Waals surface area contributed by atoms with Gasteiger partial charge in [-0.2, -0.15) is 0 Å². The summed E-state index contributed by atoms with van der Waals surface area (Å²) in [5.41, 5.74) is 7.08. The number of nitrogens with one attached hydrogen (secondary N) is 1. The maximum absolute atomic E-state index is 5.55. The van der Waals surface area contributed by atoms with Crippen molar-refractivity contribution in [2.24, 2.45) is 5.73 Å². The van der Waals surface area contributed by atoms with Crippen molar-refractivity contribution in [1.29, 1.82) is 0 Å². The summed E-state index contributed by atoms with van der Waals surface area (Å²) in [6.45, 7) is 0.372. The Morgan fingerprint density at radius 3 is 2.74 bits per heavy atom. The first-order valence-corrected chi connectivity index (χ1v) is 5.78. The molecule has 0 atom stereocenters. The predicted octanol–water partition coefficient (Wildman–Crippen LogP) is 1.70. The smallest absolute Gasteiger partial charge is 0.227 e. The van der Waals surface area contributed by atoms with Gasteiger partial charge in [0.25, 0.3) is 0 Å². The number of hydrogen-bond donors (Lipinski definition) is 2. The molecule has 0 bridgehead atoms. The van der Waals surface area contributed by atoms with Crippen LogP contribution in [0.3, 0.4) is 0 Å². The lowest BCUT2D eigenvalue weighted by atomic mass is 10.2. The second-order valence-electron chi connectivity index (χ2n) is 3.77. The molecule has 0 aliphatic carbocycles. The zero-order valence-electron chi connectivity index (χ0n) is 10.9. The second kappa shape index (κ2) is 6.01. The number of rotatable bonds is 5. The molecule has 2 rings (SSSR count). The minimum atomic E-state index is 0.372. The van der Waals surface area contributed by atoms with E-state index in [9.17, 15) is 0 Å². The van der Waals surface area contributed by atoms with Crippen molar-refractivity contribution in [2.75, 3.05) is 19.5 Å². The third-order valence-corrected chi connectivity index (χ3v) is 2.58. The van der Waals surface area contributed by atoms with Crippen LogP contribution >= 0.6 is 0 Å². The van der Waals surface area contributed by atoms with Crippen LogP contribution < -0.4 is 20.5 Å². The van der Waals surface area contributed by atoms with Crippen LogP contribution in [0.15, 0.2) is 30.5 Å². The van der Waals surface area contributed by atoms with Crippen LogP contribution in [0, 0.1) is 0 Å². The van der Waals surface area contributed by atoms with Gasteiger partial charge < -0.3 is 20.5 Å². The number of benzene rings is 1. The average Bonchev–Trinajstić information content (AvgIpc) is 2.48. The number of ether oxygens (including phenoxy) is 2. The highest BCUT2D eigenvalue weighted by molar-refractivity contribution is 5.64. The van der Waals surface area contributed by atoms with Gasteiger partial charge in [0.05, 0.1) is 25.6 Å². The Morgan fingerprint density at radius 1 is 1.21 bits per heavy atom. The Kier molecular flexibility index (Phi) is 4.15. The summed E-state index contributed by atoms with van der Waals surface area (Å²) in [6.07, 6.45) is 1.66. The van der Waals surface area contributed by atoms with Crippen LogP contribution in [0.5, 0.6) is 11.5 Å². The third-order valence-electron chi connectivity index (χ3n) is 2.58. The van der Waals surface area contributed by atoms with E-state index in [-0.39, 0.29) is 0 Å². The molecule has 1 heterocycles. The highest BCUT2D eigenvalue weighted by Crippen LogP contribution is 2.30. The maximum Gasteiger partial charge on any atom is 0.227 e. The molecule has 6 heteroatoms. The average molecular weight is 260 g/mol. The number of nitrogens with two attached hydrogens (primary N) is 1. The fourth-order valence-electron chi connectivity index (χ4n) is 1.59. The molecule has 0 radical (unpaired) electrons. The summed E-state index contributed by atoms with van der Waals surface area (Å²) < 4.78 is 10.4. The van der Waals surface area contributed by atoms with Gasteiger partial charge in [0.15, 0.2) is 0 Å². The number of anilines is 2. The monoisotopic (exact) mass is 260 g/mol. The molecule has 0 amide bonds. The van der Waals surface area contributed by atoms with Gasteiger partial charge in [-0.1, -0.05) is 0 Å². The van der Waals surface area contributed by atoms with E-state index >= 15 is 0 Å². The molecule has 6 nitrogen and oxygen atoms in total. The highest BCUT2D eigenvalue weighted by atomic mass is 16.5. The van der Waals surface area contributed by atoms with Crippen molar-refractivity contribution < 1.29 is 9.47 Å². The minimum absolute atomic E-state index is 0.372. The summed E-state index contributed by atoms with van der Waals surface area (Å²) in [7, 11) is 3.20. The van der Waals surface area contributed by atoms with Crippen molar-refractivity contribution in [3.05, 3.63) is 36.2 Å². The quantitative estimate of drug-likeness (QED) is 0.851. The van der Waals surface area contributed by atoms with Crippen molar-refractivity contribution in [1.82, 2.24) is 9.97 Å². The van der Waals surface area contributed by atoms with Gasteiger partial charge in [0.1, 0.15) is 11.5 Å². The molecule has 0 saturated carbocycles. The second-order valence-corrected chi connectivity index (χ2v) is 3.77. The van der Waals surface area contributed by atoms with E-state index in [4.69, 9.17) is 15.2 Å². The zero-order chi connectivity index (χ0) is 13.7. The van der Waals surface area contributed by atoms with Crippen LogP contribution in [0.1, 0.15) is 5.69 Å². The lowest BCUT2D eigenvalue weighted by Gasteiger charge is -2.11. The molecule has 2 aromatic rings. The molecule has 0 aliphatic rings. The van der Waals surface area contributed by atoms with Crippen LogP contribution in [0.25, 0.3) is 0 Å². The van der Waals surface area contributed by atoms with Crippen LogP contribution in [-0.4, -0.2) is 24.2 Å². The number of hydrogen-bond acceptors (Lipinski definition) is 6. The van der Waals surface area contributed by atoms with Crippen LogP contribution in [-0.2, 0) is 6.54 Å². The number of methoxy groups -OCH3 is 2. The first kappa shape index (κ1) is 13.1. The molecule has 0 unspecified atom stereocenters. The Hall–Kier alpha value is -2.34. The van der Waals surface area contributed by atoms with Gasteiger partial charge >= 0.3 is 0 Å². The van der Waals surface area contributed by atoms with Gasteiger partial charge in [0.2, 0.25) is 5.95 Å². The van der Waals surface area contributed by atoms with Crippen LogP contribution in [0.4, 0.5) is 11.6 Å². The fraction of sp³-hybridized carbons (Fsp3) is 0.231. The van der Waals surface area contributed by atoms with E-state index in [1.807, 2.05) is 12.1 Å². The van der Waals surface area contributed by atoms with Gasteiger partial charge in [-0.15, -0.1) is 0 Å². The number of aromatic nitrogens is 2. The Balaban J connectivity index is 2.26. The van der Waals surface area contributed by atoms with E-state index in [1.54, 1.807) is 32.5 Å². The molecule has 0 fully saturated rings. The SMILES string of the molecule is COc1ccc(Nc2nccc(CN)n2)c(OC)c1. The Morgan fingerprint density at radius 2 is 2.05 bits per heavy atom. The predicted molar refractivity (Wildman–Crippen MR) is 72.8 cm³/mol. The van der Waals surface area contributed by atoms with E-state index in [0.29, 0.717) is 18.2 Å². The molecule has 0 spiro atoms. The van der Waals surface area contributed by atoms with Gasteiger partial charge in [-0.05, 0) is 18.2 Å². The van der Waals surface area contributed by atoms with Crippen molar-refractivity contribution in [2.45, 2.75) is 6.54 Å². The van der Waals surface area contributed by atoms with E-state index in [2.05, 4.69) is 15.3 Å². The maximum atomic E-state index is 5.55. The molecule has 3 N–H and O–H groups in total. The summed E-state index contributed by atoms with van der Waals surface area (Å²) in [5.74, 6) is 1.85. The van der Waals surface area contributed by atoms with Gasteiger partial charge in [-0.25, -0.2) is 9.97 Å². The fourth-order valence-corrected chi connectivity index (χ4v) is 1.59. The Bertz CT molecular complexity index is 560. The summed E-state index contributed by atoms with van der Waals surface area (Å²) >= 11 is 0. The topological polar surface area (TPSA) is 82.3 Å². The van der Waals surface area contributed by atoms with Crippen molar-refractivity contribution >= 4 is 11.6 Å². The Labute approximate surface area is 111 Å². The van der Waals surface area contributed by atoms with E-state index in [1.165, 1.54) is 0 Å². The van der Waals surface area contributed by atoms with Gasteiger partial charge in [0, 0.05) is 18.8 Å². The van der Waals surface area contributed by atoms with Crippen molar-refractivity contribution in [3.63, 3.8) is 0 Å². The first-order valence-electron chi connectivity index (χ1n) is 5.78. The lowest BCUT2D eigenvalue weighted by Crippen LogP contribution is -2.04. The molecule has 0 aliphatic heterocycles. The minimum Gasteiger partial charge on any atom is -0.497 e. The molecule has 0 saturated heterocycles. The molecule has 1 aromatic carbocycles. The molecule has 1 aromatic heterocycles. The van der Waals surface area contributed by atoms with E-state index in [0.717, 1.165) is 17.1 Å². The third kappa shape index (κ3) is 3.11. The lowest BCUT2D eigenvalue weighted by molar-refractivity contribution is 0.395. The summed E-state index contributed by atoms with van der Waals surface area (Å²) in [5, 5.41) is 3.09. The normalized spacial score (nSPS) is 10.1. The zero-order valence-corrected chi connectivity index (χ0v) is 10.9. The van der Waals surface area contributed by atoms with E-state index < -0.39 is 0 Å². The first-order chi connectivity index (χ1) is 9.26. The highest BCUT2D eigenvalue weighted by Gasteiger charge is 2.07. The van der Waals surface area contributed by atoms with Crippen LogP contribution in [0.2, 0.25) is 0 Å². The molecule has 100 valence electrons. The largest absolute Gasteiger partial charge is 0.497 e. The molecular weight excluding hydrogens is 244 g/mol. The van der Waals surface area contributed by atoms with Crippen molar-refractivity contribution in [3.8, 4) is 11.5 Å². The van der Waals surface area contributed by atoms with Gasteiger partial charge in [-0.3, -0.25) is 0 Å². The standard InChI is InChI=1S/C13H16N4O2/c1-18-10-3-4-11(12(7-10)19-2)17-13-15-6-5-9(8-14)16-13/h3-7H,8,14H2,1-2H3,(H,15,16,17). The summed E-state index contributed by atoms with van der Waals surface area (Å²) in [6, 6.07) is 7.24. The molecular formula is C13H16N4O2.